The van der Waals surface area contributed by atoms with E-state index in [1.807, 2.05) is 19.1 Å². The molecule has 124 valence electrons. The van der Waals surface area contributed by atoms with Gasteiger partial charge in [-0.3, -0.25) is 4.79 Å². The first-order chi connectivity index (χ1) is 11.1. The zero-order chi connectivity index (χ0) is 16.4. The molecule has 23 heavy (non-hydrogen) atoms. The third kappa shape index (κ3) is 3.01. The van der Waals surface area contributed by atoms with E-state index in [-0.39, 0.29) is 0 Å². The third-order valence-corrected chi connectivity index (χ3v) is 5.69. The lowest BCUT2D eigenvalue weighted by Gasteiger charge is -2.34. The minimum atomic E-state index is -0.403. The topological polar surface area (TPSA) is 68.7 Å². The molecule has 3 rings (SSSR count). The van der Waals surface area contributed by atoms with Crippen molar-refractivity contribution in [2.24, 2.45) is 5.73 Å². The van der Waals surface area contributed by atoms with Gasteiger partial charge in [-0.2, -0.15) is 0 Å². The SMILES string of the molecule is CCN(c1sc(-c2ccco2)c(C(N)=O)c1C)C1CCOCC1. The lowest BCUT2D eigenvalue weighted by Crippen LogP contribution is -2.39. The maximum absolute atomic E-state index is 12.0. The van der Waals surface area contributed by atoms with Crippen LogP contribution in [-0.2, 0) is 4.74 Å². The largest absolute Gasteiger partial charge is 0.463 e. The maximum Gasteiger partial charge on any atom is 0.250 e. The van der Waals surface area contributed by atoms with Crippen LogP contribution >= 0.6 is 11.3 Å². The number of anilines is 1. The lowest BCUT2D eigenvalue weighted by molar-refractivity contribution is 0.0847. The summed E-state index contributed by atoms with van der Waals surface area (Å²) in [4.78, 5) is 15.2. The van der Waals surface area contributed by atoms with E-state index in [2.05, 4.69) is 11.8 Å². The van der Waals surface area contributed by atoms with Crippen molar-refractivity contribution in [1.82, 2.24) is 0 Å². The molecule has 2 aromatic rings. The van der Waals surface area contributed by atoms with Crippen LogP contribution < -0.4 is 10.6 Å². The van der Waals surface area contributed by atoms with Crippen molar-refractivity contribution in [3.63, 3.8) is 0 Å². The molecule has 0 atom stereocenters. The summed E-state index contributed by atoms with van der Waals surface area (Å²) in [7, 11) is 0. The van der Waals surface area contributed by atoms with Crippen molar-refractivity contribution in [2.75, 3.05) is 24.7 Å². The molecule has 5 nitrogen and oxygen atoms in total. The van der Waals surface area contributed by atoms with Crippen molar-refractivity contribution < 1.29 is 13.9 Å². The van der Waals surface area contributed by atoms with Crippen LogP contribution in [0.2, 0.25) is 0 Å². The van der Waals surface area contributed by atoms with Gasteiger partial charge in [0.25, 0.3) is 5.91 Å². The van der Waals surface area contributed by atoms with Crippen molar-refractivity contribution in [2.45, 2.75) is 32.7 Å². The van der Waals surface area contributed by atoms with Crippen molar-refractivity contribution >= 4 is 22.2 Å². The average molecular weight is 334 g/mol. The van der Waals surface area contributed by atoms with E-state index in [1.165, 1.54) is 0 Å². The third-order valence-electron chi connectivity index (χ3n) is 4.35. The molecule has 0 aromatic carbocycles. The number of thiophene rings is 1. The molecule has 0 radical (unpaired) electrons. The second-order valence-electron chi connectivity index (χ2n) is 5.71. The molecule has 1 aliphatic heterocycles. The van der Waals surface area contributed by atoms with E-state index in [1.54, 1.807) is 17.6 Å². The summed E-state index contributed by atoms with van der Waals surface area (Å²) in [5, 5.41) is 1.11. The van der Waals surface area contributed by atoms with Gasteiger partial charge in [-0.25, -0.2) is 0 Å². The van der Waals surface area contributed by atoms with E-state index in [0.29, 0.717) is 17.4 Å². The fraction of sp³-hybridized carbons (Fsp3) is 0.471. The van der Waals surface area contributed by atoms with Crippen molar-refractivity contribution in [3.05, 3.63) is 29.5 Å². The van der Waals surface area contributed by atoms with Gasteiger partial charge >= 0.3 is 0 Å². The molecule has 0 bridgehead atoms. The van der Waals surface area contributed by atoms with Crippen molar-refractivity contribution in [3.8, 4) is 10.6 Å². The highest BCUT2D eigenvalue weighted by atomic mass is 32.1. The van der Waals surface area contributed by atoms with Gasteiger partial charge in [0.1, 0.15) is 5.76 Å². The molecule has 2 N–H and O–H groups in total. The Bertz CT molecular complexity index is 672. The van der Waals surface area contributed by atoms with Gasteiger partial charge in [0.15, 0.2) is 0 Å². The van der Waals surface area contributed by atoms with Crippen LogP contribution in [-0.4, -0.2) is 31.7 Å². The number of furan rings is 1. The van der Waals surface area contributed by atoms with Crippen LogP contribution in [0.3, 0.4) is 0 Å². The Balaban J connectivity index is 2.04. The highest BCUT2D eigenvalue weighted by molar-refractivity contribution is 7.20. The number of carbonyl (C=O) groups is 1. The second-order valence-corrected chi connectivity index (χ2v) is 6.71. The first-order valence-corrected chi connectivity index (χ1v) is 8.76. The van der Waals surface area contributed by atoms with Gasteiger partial charge in [0, 0.05) is 25.8 Å². The number of rotatable bonds is 5. The monoisotopic (exact) mass is 334 g/mol. The Kier molecular flexibility index (Phi) is 4.73. The number of primary amides is 1. The normalized spacial score (nSPS) is 15.7. The Morgan fingerprint density at radius 3 is 2.74 bits per heavy atom. The summed E-state index contributed by atoms with van der Waals surface area (Å²) in [6.45, 7) is 6.59. The fourth-order valence-electron chi connectivity index (χ4n) is 3.22. The summed E-state index contributed by atoms with van der Waals surface area (Å²) >= 11 is 1.59. The minimum Gasteiger partial charge on any atom is -0.463 e. The zero-order valence-corrected chi connectivity index (χ0v) is 14.3. The van der Waals surface area contributed by atoms with Gasteiger partial charge < -0.3 is 19.8 Å². The van der Waals surface area contributed by atoms with E-state index >= 15 is 0 Å². The molecule has 0 unspecified atom stereocenters. The zero-order valence-electron chi connectivity index (χ0n) is 13.5. The fourth-order valence-corrected chi connectivity index (χ4v) is 4.63. The Morgan fingerprint density at radius 2 is 2.17 bits per heavy atom. The van der Waals surface area contributed by atoms with Crippen LogP contribution in [0.15, 0.2) is 22.8 Å². The number of carbonyl (C=O) groups excluding carboxylic acids is 1. The standard InChI is InChI=1S/C17H22N2O3S/c1-3-19(12-6-9-21-10-7-12)17-11(2)14(16(18)20)15(23-17)13-5-4-8-22-13/h4-5,8,12H,3,6-7,9-10H2,1-2H3,(H2,18,20). The number of amides is 1. The van der Waals surface area contributed by atoms with Gasteiger partial charge in [0.2, 0.25) is 0 Å². The summed E-state index contributed by atoms with van der Waals surface area (Å²) in [5.41, 5.74) is 7.16. The van der Waals surface area contributed by atoms with E-state index in [0.717, 1.165) is 48.0 Å². The molecule has 1 amide bonds. The van der Waals surface area contributed by atoms with Crippen LogP contribution in [0, 0.1) is 6.92 Å². The Labute approximate surface area is 140 Å². The smallest absolute Gasteiger partial charge is 0.250 e. The summed E-state index contributed by atoms with van der Waals surface area (Å²) in [6.07, 6.45) is 3.63. The predicted molar refractivity (Wildman–Crippen MR) is 92.1 cm³/mol. The molecular weight excluding hydrogens is 312 g/mol. The maximum atomic E-state index is 12.0. The van der Waals surface area contributed by atoms with Gasteiger partial charge in [0.05, 0.1) is 21.7 Å². The first kappa shape index (κ1) is 16.1. The highest BCUT2D eigenvalue weighted by Gasteiger charge is 2.28. The Morgan fingerprint density at radius 1 is 1.43 bits per heavy atom. The minimum absolute atomic E-state index is 0.403. The van der Waals surface area contributed by atoms with Gasteiger partial charge in [-0.15, -0.1) is 11.3 Å². The van der Waals surface area contributed by atoms with E-state index < -0.39 is 5.91 Å². The number of hydrogen-bond acceptors (Lipinski definition) is 5. The lowest BCUT2D eigenvalue weighted by atomic mass is 10.1. The number of nitrogens with zero attached hydrogens (tertiary/aromatic N) is 1. The molecule has 3 heterocycles. The molecule has 0 saturated carbocycles. The van der Waals surface area contributed by atoms with Crippen LogP contribution in [0.5, 0.6) is 0 Å². The van der Waals surface area contributed by atoms with Crippen LogP contribution in [0.4, 0.5) is 5.00 Å². The molecule has 0 aliphatic carbocycles. The van der Waals surface area contributed by atoms with E-state index in [9.17, 15) is 4.79 Å². The summed E-state index contributed by atoms with van der Waals surface area (Å²) < 4.78 is 11.0. The molecule has 0 spiro atoms. The molecule has 1 aliphatic rings. The molecule has 1 fully saturated rings. The van der Waals surface area contributed by atoms with E-state index in [4.69, 9.17) is 14.9 Å². The first-order valence-electron chi connectivity index (χ1n) is 7.95. The Hall–Kier alpha value is -1.79. The quantitative estimate of drug-likeness (QED) is 0.909. The van der Waals surface area contributed by atoms with Crippen molar-refractivity contribution in [1.29, 1.82) is 0 Å². The summed E-state index contributed by atoms with van der Waals surface area (Å²) in [5.74, 6) is 0.292. The van der Waals surface area contributed by atoms with Crippen LogP contribution in [0.25, 0.3) is 10.6 Å². The summed E-state index contributed by atoms with van der Waals surface area (Å²) in [6, 6.07) is 4.13. The average Bonchev–Trinajstić information content (AvgIpc) is 3.18. The van der Waals surface area contributed by atoms with Crippen LogP contribution in [0.1, 0.15) is 35.7 Å². The molecule has 6 heteroatoms. The number of hydrogen-bond donors (Lipinski definition) is 1. The highest BCUT2D eigenvalue weighted by Crippen LogP contribution is 2.43. The second kappa shape index (κ2) is 6.76. The predicted octanol–water partition coefficient (Wildman–Crippen LogP) is 3.42. The molecular formula is C17H22N2O3S. The molecule has 2 aromatic heterocycles. The molecule has 1 saturated heterocycles. The number of nitrogens with two attached hydrogens (primary N) is 1. The van der Waals surface area contributed by atoms with Gasteiger partial charge in [-0.05, 0) is 44.4 Å². The number of ether oxygens (including phenoxy) is 1. The van der Waals surface area contributed by atoms with Gasteiger partial charge in [-0.1, -0.05) is 0 Å².